The maximum absolute atomic E-state index is 12.6. The average Bonchev–Trinajstić information content (AvgIpc) is 2.67. The number of nitrogens with one attached hydrogen (secondary N) is 1. The van der Waals surface area contributed by atoms with Crippen LogP contribution in [0.2, 0.25) is 0 Å². The highest BCUT2D eigenvalue weighted by Crippen LogP contribution is 2.21. The molecule has 0 spiro atoms. The van der Waals surface area contributed by atoms with Gasteiger partial charge in [-0.1, -0.05) is 44.2 Å². The predicted molar refractivity (Wildman–Crippen MR) is 103 cm³/mol. The van der Waals surface area contributed by atoms with Crippen LogP contribution in [0.3, 0.4) is 0 Å². The van der Waals surface area contributed by atoms with Crippen molar-refractivity contribution in [1.82, 2.24) is 9.62 Å². The van der Waals surface area contributed by atoms with Crippen LogP contribution in [-0.2, 0) is 20.2 Å². The van der Waals surface area contributed by atoms with Gasteiger partial charge in [-0.25, -0.2) is 8.42 Å². The molecular weight excluding hydrogens is 362 g/mol. The minimum Gasteiger partial charge on any atom is -0.354 e. The maximum Gasteiger partial charge on any atom is 0.243 e. The molecule has 2 aromatic carbocycles. The zero-order valence-electron chi connectivity index (χ0n) is 15.6. The molecule has 0 aliphatic carbocycles. The number of benzene rings is 2. The number of nitrogens with zero attached hydrogens (tertiary/aromatic N) is 2. The number of nitriles is 1. The number of hydrogen-bond acceptors (Lipinski definition) is 4. The van der Waals surface area contributed by atoms with E-state index in [0.717, 1.165) is 9.87 Å². The van der Waals surface area contributed by atoms with E-state index in [1.54, 1.807) is 0 Å². The Morgan fingerprint density at radius 2 is 1.70 bits per heavy atom. The van der Waals surface area contributed by atoms with Gasteiger partial charge in [0.2, 0.25) is 15.9 Å². The fraction of sp³-hybridized carbons (Fsp3) is 0.300. The van der Waals surface area contributed by atoms with Crippen molar-refractivity contribution in [2.45, 2.75) is 24.2 Å². The molecule has 0 heterocycles. The highest BCUT2D eigenvalue weighted by atomic mass is 32.2. The van der Waals surface area contributed by atoms with E-state index in [2.05, 4.69) is 5.32 Å². The van der Waals surface area contributed by atoms with Crippen LogP contribution >= 0.6 is 0 Å². The molecule has 0 bridgehead atoms. The molecule has 0 fully saturated rings. The number of hydrogen-bond donors (Lipinski definition) is 1. The van der Waals surface area contributed by atoms with Crippen LogP contribution in [-0.4, -0.2) is 38.8 Å². The van der Waals surface area contributed by atoms with Gasteiger partial charge in [-0.15, -0.1) is 0 Å². The molecule has 0 saturated heterocycles. The van der Waals surface area contributed by atoms with Crippen molar-refractivity contribution in [3.05, 3.63) is 65.7 Å². The lowest BCUT2D eigenvalue weighted by Crippen LogP contribution is -2.42. The minimum atomic E-state index is -3.80. The molecular formula is C20H23N3O3S. The Bertz CT molecular complexity index is 931. The molecule has 1 amide bonds. The second-order valence-corrected chi connectivity index (χ2v) is 8.97. The summed E-state index contributed by atoms with van der Waals surface area (Å²) in [5.74, 6) is -0.376. The highest BCUT2D eigenvalue weighted by molar-refractivity contribution is 7.89. The van der Waals surface area contributed by atoms with Crippen LogP contribution in [0.5, 0.6) is 0 Å². The molecule has 1 N–H and O–H groups in total. The van der Waals surface area contributed by atoms with Gasteiger partial charge in [0.15, 0.2) is 0 Å². The van der Waals surface area contributed by atoms with E-state index >= 15 is 0 Å². The Morgan fingerprint density at radius 1 is 1.11 bits per heavy atom. The van der Waals surface area contributed by atoms with Crippen molar-refractivity contribution in [3.8, 4) is 6.07 Å². The van der Waals surface area contributed by atoms with Crippen LogP contribution in [0.1, 0.15) is 25.0 Å². The Labute approximate surface area is 160 Å². The van der Waals surface area contributed by atoms with Gasteiger partial charge in [0.05, 0.1) is 23.1 Å². The zero-order valence-corrected chi connectivity index (χ0v) is 16.5. The first-order chi connectivity index (χ1) is 12.7. The second-order valence-electron chi connectivity index (χ2n) is 6.92. The quantitative estimate of drug-likeness (QED) is 0.792. The first-order valence-electron chi connectivity index (χ1n) is 8.45. The molecule has 0 atom stereocenters. The molecule has 6 nitrogen and oxygen atoms in total. The third kappa shape index (κ3) is 5.16. The summed E-state index contributed by atoms with van der Waals surface area (Å²) in [5.41, 5.74) is 1.18. The topological polar surface area (TPSA) is 90.3 Å². The van der Waals surface area contributed by atoms with Crippen molar-refractivity contribution in [1.29, 1.82) is 5.26 Å². The first-order valence-corrected chi connectivity index (χ1v) is 9.89. The lowest BCUT2D eigenvalue weighted by molar-refractivity contribution is -0.121. The molecule has 2 aromatic rings. The lowest BCUT2D eigenvalue weighted by Gasteiger charge is -2.26. The van der Waals surface area contributed by atoms with Crippen LogP contribution < -0.4 is 5.32 Å². The van der Waals surface area contributed by atoms with E-state index in [1.807, 2.05) is 50.2 Å². The smallest absolute Gasteiger partial charge is 0.243 e. The van der Waals surface area contributed by atoms with Gasteiger partial charge in [-0.05, 0) is 29.8 Å². The monoisotopic (exact) mass is 385 g/mol. The van der Waals surface area contributed by atoms with Gasteiger partial charge in [0.1, 0.15) is 0 Å². The normalized spacial score (nSPS) is 11.8. The van der Waals surface area contributed by atoms with Crippen LogP contribution in [0, 0.1) is 11.3 Å². The van der Waals surface area contributed by atoms with E-state index in [1.165, 1.54) is 31.3 Å². The molecule has 142 valence electrons. The Kier molecular flexibility index (Phi) is 6.37. The summed E-state index contributed by atoms with van der Waals surface area (Å²) in [4.78, 5) is 12.3. The molecule has 2 rings (SSSR count). The Morgan fingerprint density at radius 3 is 2.26 bits per heavy atom. The van der Waals surface area contributed by atoms with Crippen LogP contribution in [0.25, 0.3) is 0 Å². The van der Waals surface area contributed by atoms with Crippen molar-refractivity contribution < 1.29 is 13.2 Å². The van der Waals surface area contributed by atoms with Crippen molar-refractivity contribution in [2.24, 2.45) is 0 Å². The van der Waals surface area contributed by atoms with E-state index in [9.17, 15) is 13.2 Å². The maximum atomic E-state index is 12.6. The van der Waals surface area contributed by atoms with Crippen molar-refractivity contribution in [3.63, 3.8) is 0 Å². The number of amides is 1. The molecule has 0 unspecified atom stereocenters. The van der Waals surface area contributed by atoms with Crippen LogP contribution in [0.4, 0.5) is 0 Å². The third-order valence-corrected chi connectivity index (χ3v) is 6.16. The Hall–Kier alpha value is -2.69. The molecule has 7 heteroatoms. The number of carbonyl (C=O) groups is 1. The summed E-state index contributed by atoms with van der Waals surface area (Å²) in [5, 5.41) is 11.6. The van der Waals surface area contributed by atoms with E-state index in [-0.39, 0.29) is 22.8 Å². The van der Waals surface area contributed by atoms with E-state index in [0.29, 0.717) is 12.1 Å². The van der Waals surface area contributed by atoms with Crippen molar-refractivity contribution >= 4 is 15.9 Å². The number of rotatable bonds is 7. The summed E-state index contributed by atoms with van der Waals surface area (Å²) >= 11 is 0. The minimum absolute atomic E-state index is 0.0430. The largest absolute Gasteiger partial charge is 0.354 e. The summed E-state index contributed by atoms with van der Waals surface area (Å²) < 4.78 is 26.1. The lowest BCUT2D eigenvalue weighted by atomic mass is 9.84. The summed E-state index contributed by atoms with van der Waals surface area (Å²) in [6.45, 7) is 4.13. The van der Waals surface area contributed by atoms with E-state index in [4.69, 9.17) is 5.26 Å². The number of sulfonamides is 1. The molecule has 0 saturated carbocycles. The van der Waals surface area contributed by atoms with E-state index < -0.39 is 10.0 Å². The van der Waals surface area contributed by atoms with Gasteiger partial charge in [-0.2, -0.15) is 9.57 Å². The molecule has 0 aliphatic rings. The standard InChI is InChI=1S/C20H23N3O3S/c1-20(2,17-7-5-4-6-8-17)15-22-19(24)14-23(3)27(25,26)18-11-9-16(13-21)10-12-18/h4-12H,14-15H2,1-3H3,(H,22,24). The van der Waals surface area contributed by atoms with Crippen molar-refractivity contribution in [2.75, 3.05) is 20.1 Å². The van der Waals surface area contributed by atoms with Gasteiger partial charge >= 0.3 is 0 Å². The first kappa shape index (κ1) is 20.6. The molecule has 0 aromatic heterocycles. The summed E-state index contributed by atoms with van der Waals surface area (Å²) in [6, 6.07) is 17.3. The van der Waals surface area contributed by atoms with Gasteiger partial charge in [0.25, 0.3) is 0 Å². The van der Waals surface area contributed by atoms with Gasteiger partial charge in [-0.3, -0.25) is 4.79 Å². The fourth-order valence-electron chi connectivity index (χ4n) is 2.54. The van der Waals surface area contributed by atoms with Gasteiger partial charge in [0, 0.05) is 19.0 Å². The fourth-order valence-corrected chi connectivity index (χ4v) is 3.66. The highest BCUT2D eigenvalue weighted by Gasteiger charge is 2.25. The zero-order chi connectivity index (χ0) is 20.1. The molecule has 27 heavy (non-hydrogen) atoms. The third-order valence-electron chi connectivity index (χ3n) is 4.34. The molecule has 0 aliphatic heterocycles. The predicted octanol–water partition coefficient (Wildman–Crippen LogP) is 2.27. The second kappa shape index (κ2) is 8.33. The SMILES string of the molecule is CN(CC(=O)NCC(C)(C)c1ccccc1)S(=O)(=O)c1ccc(C#N)cc1. The molecule has 0 radical (unpaired) electrons. The number of likely N-dealkylation sites (N-methyl/N-ethyl adjacent to an activating group) is 1. The Balaban J connectivity index is 1.99. The van der Waals surface area contributed by atoms with Crippen LogP contribution in [0.15, 0.2) is 59.5 Å². The number of carbonyl (C=O) groups excluding carboxylic acids is 1. The summed E-state index contributed by atoms with van der Waals surface area (Å²) in [7, 11) is -2.45. The van der Waals surface area contributed by atoms with Gasteiger partial charge < -0.3 is 5.32 Å². The summed E-state index contributed by atoms with van der Waals surface area (Å²) in [6.07, 6.45) is 0. The average molecular weight is 385 g/mol.